The normalized spacial score (nSPS) is 12.8. The summed E-state index contributed by atoms with van der Waals surface area (Å²) >= 11 is 2.77. The van der Waals surface area contributed by atoms with E-state index in [2.05, 4.69) is 20.7 Å². The smallest absolute Gasteiger partial charge is 0.243 e. The van der Waals surface area contributed by atoms with Gasteiger partial charge in [-0.15, -0.1) is 0 Å². The van der Waals surface area contributed by atoms with Crippen LogP contribution in [-0.4, -0.2) is 20.5 Å². The standard InChI is InChI=1S/C10H13BrF2N2O2S/c1-10(2,14)5-15-18(16,17)9-4-7(12)6(11)3-8(9)13/h3-4,15H,5,14H2,1-2H3. The van der Waals surface area contributed by atoms with Crippen LogP contribution in [0.5, 0.6) is 0 Å². The summed E-state index contributed by atoms with van der Waals surface area (Å²) in [6, 6.07) is 1.38. The lowest BCUT2D eigenvalue weighted by Gasteiger charge is -2.19. The van der Waals surface area contributed by atoms with Gasteiger partial charge >= 0.3 is 0 Å². The third-order valence-corrected chi connectivity index (χ3v) is 4.01. The van der Waals surface area contributed by atoms with E-state index in [4.69, 9.17) is 5.73 Å². The van der Waals surface area contributed by atoms with Crippen LogP contribution in [-0.2, 0) is 10.0 Å². The molecule has 0 aliphatic carbocycles. The number of rotatable bonds is 4. The minimum absolute atomic E-state index is 0.0908. The highest BCUT2D eigenvalue weighted by atomic mass is 79.9. The lowest BCUT2D eigenvalue weighted by atomic mass is 10.1. The van der Waals surface area contributed by atoms with E-state index >= 15 is 0 Å². The van der Waals surface area contributed by atoms with Gasteiger partial charge in [-0.3, -0.25) is 0 Å². The summed E-state index contributed by atoms with van der Waals surface area (Å²) in [6.45, 7) is 3.12. The molecule has 0 saturated carbocycles. The van der Waals surface area contributed by atoms with E-state index in [9.17, 15) is 17.2 Å². The first-order valence-corrected chi connectivity index (χ1v) is 7.24. The van der Waals surface area contributed by atoms with Gasteiger partial charge in [0.1, 0.15) is 16.5 Å². The van der Waals surface area contributed by atoms with Crippen LogP contribution in [0.4, 0.5) is 8.78 Å². The van der Waals surface area contributed by atoms with Crippen molar-refractivity contribution >= 4 is 26.0 Å². The van der Waals surface area contributed by atoms with Crippen LogP contribution in [0.1, 0.15) is 13.8 Å². The Morgan fingerprint density at radius 3 is 2.39 bits per heavy atom. The van der Waals surface area contributed by atoms with E-state index in [0.29, 0.717) is 6.07 Å². The fraction of sp³-hybridized carbons (Fsp3) is 0.400. The first-order valence-electron chi connectivity index (χ1n) is 4.96. The van der Waals surface area contributed by atoms with Crippen molar-refractivity contribution < 1.29 is 17.2 Å². The van der Waals surface area contributed by atoms with Crippen LogP contribution in [0.2, 0.25) is 0 Å². The van der Waals surface area contributed by atoms with Gasteiger partial charge in [0.05, 0.1) is 4.47 Å². The van der Waals surface area contributed by atoms with Gasteiger partial charge in [0.15, 0.2) is 0 Å². The lowest BCUT2D eigenvalue weighted by molar-refractivity contribution is 0.493. The first kappa shape index (κ1) is 15.5. The van der Waals surface area contributed by atoms with Crippen molar-refractivity contribution in [1.82, 2.24) is 4.72 Å². The molecule has 18 heavy (non-hydrogen) atoms. The highest BCUT2D eigenvalue weighted by molar-refractivity contribution is 9.10. The summed E-state index contributed by atoms with van der Waals surface area (Å²) in [5, 5.41) is 0. The Hall–Kier alpha value is -0.570. The Bertz CT molecular complexity index is 556. The fourth-order valence-corrected chi connectivity index (χ4v) is 2.68. The SMILES string of the molecule is CC(C)(N)CNS(=O)(=O)c1cc(F)c(Br)cc1F. The van der Waals surface area contributed by atoms with Crippen LogP contribution >= 0.6 is 15.9 Å². The Morgan fingerprint density at radius 2 is 1.89 bits per heavy atom. The monoisotopic (exact) mass is 342 g/mol. The zero-order valence-corrected chi connectivity index (χ0v) is 12.2. The minimum atomic E-state index is -4.13. The molecule has 1 aromatic rings. The molecule has 0 fully saturated rings. The molecule has 0 aliphatic heterocycles. The maximum Gasteiger partial charge on any atom is 0.243 e. The van der Waals surface area contributed by atoms with Crippen molar-refractivity contribution in [2.45, 2.75) is 24.3 Å². The molecule has 4 nitrogen and oxygen atoms in total. The van der Waals surface area contributed by atoms with Crippen molar-refractivity contribution in [2.24, 2.45) is 5.73 Å². The topological polar surface area (TPSA) is 72.2 Å². The molecule has 102 valence electrons. The van der Waals surface area contributed by atoms with Gasteiger partial charge in [-0.2, -0.15) is 0 Å². The molecule has 1 rings (SSSR count). The molecule has 0 bridgehead atoms. The summed E-state index contributed by atoms with van der Waals surface area (Å²) in [6.07, 6.45) is 0. The molecule has 0 aromatic heterocycles. The zero-order valence-electron chi connectivity index (χ0n) is 9.80. The summed E-state index contributed by atoms with van der Waals surface area (Å²) in [4.78, 5) is -0.743. The molecular formula is C10H13BrF2N2O2S. The molecule has 8 heteroatoms. The van der Waals surface area contributed by atoms with Crippen molar-refractivity contribution in [3.8, 4) is 0 Å². The number of hydrogen-bond acceptors (Lipinski definition) is 3. The predicted octanol–water partition coefficient (Wildman–Crippen LogP) is 1.74. The molecule has 1 aromatic carbocycles. The second-order valence-electron chi connectivity index (χ2n) is 4.51. The van der Waals surface area contributed by atoms with Gasteiger partial charge in [-0.25, -0.2) is 21.9 Å². The van der Waals surface area contributed by atoms with Gasteiger partial charge in [-0.1, -0.05) is 0 Å². The average Bonchev–Trinajstić information content (AvgIpc) is 2.19. The van der Waals surface area contributed by atoms with Crippen molar-refractivity contribution in [3.63, 3.8) is 0 Å². The largest absolute Gasteiger partial charge is 0.324 e. The van der Waals surface area contributed by atoms with Crippen LogP contribution in [0, 0.1) is 11.6 Å². The second kappa shape index (κ2) is 5.20. The van der Waals surface area contributed by atoms with Crippen LogP contribution < -0.4 is 10.5 Å². The Kier molecular flexibility index (Phi) is 4.47. The third kappa shape index (κ3) is 3.98. The zero-order chi connectivity index (χ0) is 14.1. The first-order chi connectivity index (χ1) is 8.03. The second-order valence-corrected chi connectivity index (χ2v) is 7.10. The Morgan fingerprint density at radius 1 is 1.33 bits per heavy atom. The molecule has 0 spiro atoms. The van der Waals surface area contributed by atoms with E-state index < -0.39 is 32.1 Å². The quantitative estimate of drug-likeness (QED) is 0.818. The fourth-order valence-electron chi connectivity index (χ4n) is 1.07. The maximum absolute atomic E-state index is 13.5. The molecule has 0 atom stereocenters. The van der Waals surface area contributed by atoms with Crippen LogP contribution in [0.3, 0.4) is 0 Å². The highest BCUT2D eigenvalue weighted by Gasteiger charge is 2.23. The molecule has 0 amide bonds. The number of halogens is 3. The maximum atomic E-state index is 13.5. The predicted molar refractivity (Wildman–Crippen MR) is 67.5 cm³/mol. The molecule has 0 saturated heterocycles. The summed E-state index contributed by atoms with van der Waals surface area (Å²) in [5.41, 5.74) is 4.82. The molecule has 0 heterocycles. The van der Waals surface area contributed by atoms with E-state index in [0.717, 1.165) is 6.07 Å². The number of sulfonamides is 1. The van der Waals surface area contributed by atoms with Crippen LogP contribution in [0.15, 0.2) is 21.5 Å². The summed E-state index contributed by atoms with van der Waals surface area (Å²) in [7, 11) is -4.13. The average molecular weight is 343 g/mol. The lowest BCUT2D eigenvalue weighted by Crippen LogP contribution is -2.45. The molecule has 3 N–H and O–H groups in total. The van der Waals surface area contributed by atoms with Crippen molar-refractivity contribution in [1.29, 1.82) is 0 Å². The van der Waals surface area contributed by atoms with Crippen LogP contribution in [0.25, 0.3) is 0 Å². The Labute approximate surface area is 113 Å². The van der Waals surface area contributed by atoms with E-state index in [1.807, 2.05) is 0 Å². The van der Waals surface area contributed by atoms with Gasteiger partial charge in [-0.05, 0) is 41.9 Å². The van der Waals surface area contributed by atoms with E-state index in [1.54, 1.807) is 13.8 Å². The Balaban J connectivity index is 3.10. The number of hydrogen-bond donors (Lipinski definition) is 2. The van der Waals surface area contributed by atoms with Gasteiger partial charge < -0.3 is 5.73 Å². The molecular weight excluding hydrogens is 330 g/mol. The van der Waals surface area contributed by atoms with E-state index in [-0.39, 0.29) is 11.0 Å². The number of nitrogens with two attached hydrogens (primary N) is 1. The highest BCUT2D eigenvalue weighted by Crippen LogP contribution is 2.23. The molecule has 0 aliphatic rings. The molecule has 0 unspecified atom stereocenters. The minimum Gasteiger partial charge on any atom is -0.324 e. The third-order valence-electron chi connectivity index (χ3n) is 1.98. The van der Waals surface area contributed by atoms with Crippen molar-refractivity contribution in [3.05, 3.63) is 28.2 Å². The van der Waals surface area contributed by atoms with Gasteiger partial charge in [0.25, 0.3) is 0 Å². The molecule has 0 radical (unpaired) electrons. The summed E-state index contributed by atoms with van der Waals surface area (Å²) in [5.74, 6) is -1.89. The van der Waals surface area contributed by atoms with Gasteiger partial charge in [0, 0.05) is 12.1 Å². The number of nitrogens with one attached hydrogen (secondary N) is 1. The van der Waals surface area contributed by atoms with Gasteiger partial charge in [0.2, 0.25) is 10.0 Å². The summed E-state index contributed by atoms with van der Waals surface area (Å²) < 4.78 is 52.3. The van der Waals surface area contributed by atoms with Crippen molar-refractivity contribution in [2.75, 3.05) is 6.54 Å². The van der Waals surface area contributed by atoms with E-state index in [1.165, 1.54) is 0 Å². The number of benzene rings is 1.